The first-order chi connectivity index (χ1) is 30.1. The SMILES string of the molecule is CCOC(=O)C[C@H]1CC[C@@H]2O[C@@H]([C@H](O)CO)[C@H]3OC4(CCCCC4)O[C@H]3[C@H]2O1.CCOC(=O)C[C@H]1CC[C@@H]2O[C@@H]([C@H]3COC4(CCCCC4)O3)[C@H]3OC4(CCCCC4)O[C@H]3[C@H]2O1. The van der Waals surface area contributed by atoms with Crippen molar-refractivity contribution in [1.82, 2.24) is 0 Å². The maximum absolute atomic E-state index is 12.1. The van der Waals surface area contributed by atoms with E-state index in [0.29, 0.717) is 32.7 Å². The number of carbonyl (C=O) groups excluding carboxylic acids is 2. The average Bonchev–Trinajstić information content (AvgIpc) is 3.98. The second-order valence-electron chi connectivity index (χ2n) is 19.4. The van der Waals surface area contributed by atoms with Crippen LogP contribution in [-0.2, 0) is 66.4 Å². The summed E-state index contributed by atoms with van der Waals surface area (Å²) >= 11 is 0. The Balaban J connectivity index is 0.000000161. The molecule has 0 aromatic heterocycles. The molecule has 2 N–H and O–H groups in total. The zero-order valence-electron chi connectivity index (χ0n) is 36.9. The lowest BCUT2D eigenvalue weighted by molar-refractivity contribution is -0.265. The van der Waals surface area contributed by atoms with Crippen LogP contribution < -0.4 is 0 Å². The van der Waals surface area contributed by atoms with Gasteiger partial charge < -0.3 is 67.1 Å². The molecule has 10 rings (SSSR count). The van der Waals surface area contributed by atoms with E-state index < -0.39 is 42.3 Å². The summed E-state index contributed by atoms with van der Waals surface area (Å²) in [4.78, 5) is 24.0. The van der Waals surface area contributed by atoms with Crippen LogP contribution >= 0.6 is 0 Å². The molecule has 16 nitrogen and oxygen atoms in total. The highest BCUT2D eigenvalue weighted by atomic mass is 16.8. The van der Waals surface area contributed by atoms with Crippen LogP contribution in [-0.4, -0.2) is 151 Å². The minimum atomic E-state index is -1.03. The van der Waals surface area contributed by atoms with Crippen molar-refractivity contribution in [1.29, 1.82) is 0 Å². The number of rotatable bonds is 9. The number of esters is 2. The number of ether oxygens (including phenoxy) is 12. The summed E-state index contributed by atoms with van der Waals surface area (Å²) in [7, 11) is 0. The molecule has 14 atom stereocenters. The monoisotopic (exact) mass is 880 g/mol. The van der Waals surface area contributed by atoms with E-state index >= 15 is 0 Å². The van der Waals surface area contributed by atoms with Gasteiger partial charge in [0.1, 0.15) is 61.0 Å². The maximum Gasteiger partial charge on any atom is 0.308 e. The topological polar surface area (TPSA) is 185 Å². The Labute approximate surface area is 365 Å². The molecule has 62 heavy (non-hydrogen) atoms. The third kappa shape index (κ3) is 9.65. The number of hydrogen-bond donors (Lipinski definition) is 2. The lowest BCUT2D eigenvalue weighted by Crippen LogP contribution is -2.62. The minimum Gasteiger partial charge on any atom is -0.466 e. The van der Waals surface area contributed by atoms with Gasteiger partial charge >= 0.3 is 11.9 Å². The second kappa shape index (κ2) is 19.7. The average molecular weight is 881 g/mol. The molecule has 3 aliphatic carbocycles. The fraction of sp³-hybridized carbons (Fsp3) is 0.957. The largest absolute Gasteiger partial charge is 0.466 e. The second-order valence-corrected chi connectivity index (χ2v) is 19.4. The smallest absolute Gasteiger partial charge is 0.308 e. The zero-order chi connectivity index (χ0) is 42.9. The van der Waals surface area contributed by atoms with Crippen molar-refractivity contribution in [3.8, 4) is 0 Å². The Hall–Kier alpha value is -1.54. The first kappa shape index (κ1) is 45.6. The van der Waals surface area contributed by atoms with Crippen LogP contribution in [0.4, 0.5) is 0 Å². The number of fused-ring (bicyclic) bond motifs is 6. The van der Waals surface area contributed by atoms with E-state index in [0.717, 1.165) is 96.3 Å². The van der Waals surface area contributed by atoms with E-state index in [1.54, 1.807) is 6.92 Å². The van der Waals surface area contributed by atoms with E-state index in [1.807, 2.05) is 6.92 Å². The molecule has 16 heteroatoms. The van der Waals surface area contributed by atoms with Gasteiger partial charge in [-0.05, 0) is 78.1 Å². The van der Waals surface area contributed by atoms with Crippen LogP contribution in [0.25, 0.3) is 0 Å². The Bertz CT molecular complexity index is 1490. The van der Waals surface area contributed by atoms with Gasteiger partial charge in [0, 0.05) is 38.5 Å². The summed E-state index contributed by atoms with van der Waals surface area (Å²) in [5.41, 5.74) is 0. The van der Waals surface area contributed by atoms with Crippen LogP contribution in [0.5, 0.6) is 0 Å². The van der Waals surface area contributed by atoms with E-state index in [2.05, 4.69) is 0 Å². The predicted octanol–water partition coefficient (Wildman–Crippen LogP) is 4.83. The van der Waals surface area contributed by atoms with Gasteiger partial charge in [0.25, 0.3) is 0 Å². The van der Waals surface area contributed by atoms with Gasteiger partial charge in [-0.25, -0.2) is 0 Å². The maximum atomic E-state index is 12.1. The highest BCUT2D eigenvalue weighted by Crippen LogP contribution is 2.51. The van der Waals surface area contributed by atoms with Crippen molar-refractivity contribution in [3.05, 3.63) is 0 Å². The first-order valence-electron chi connectivity index (χ1n) is 24.4. The summed E-state index contributed by atoms with van der Waals surface area (Å²) in [5.74, 6) is -2.13. The third-order valence-electron chi connectivity index (χ3n) is 15.0. The summed E-state index contributed by atoms with van der Waals surface area (Å²) in [6, 6.07) is 0. The first-order valence-corrected chi connectivity index (χ1v) is 24.4. The lowest BCUT2D eigenvalue weighted by atomic mass is 9.87. The lowest BCUT2D eigenvalue weighted by Gasteiger charge is -2.47. The molecule has 352 valence electrons. The van der Waals surface area contributed by atoms with Gasteiger partial charge in [0.2, 0.25) is 0 Å². The van der Waals surface area contributed by atoms with Crippen molar-refractivity contribution in [2.24, 2.45) is 0 Å². The van der Waals surface area contributed by atoms with Crippen molar-refractivity contribution in [3.63, 3.8) is 0 Å². The molecular weight excluding hydrogens is 808 g/mol. The molecule has 7 aliphatic heterocycles. The van der Waals surface area contributed by atoms with Crippen LogP contribution in [0, 0.1) is 0 Å². The van der Waals surface area contributed by atoms with E-state index in [1.165, 1.54) is 12.8 Å². The molecule has 0 radical (unpaired) electrons. The van der Waals surface area contributed by atoms with Gasteiger partial charge in [-0.15, -0.1) is 0 Å². The number of aliphatic hydroxyl groups is 2. The molecule has 7 saturated heterocycles. The van der Waals surface area contributed by atoms with Crippen molar-refractivity contribution < 1.29 is 76.6 Å². The van der Waals surface area contributed by atoms with E-state index in [-0.39, 0.29) is 91.9 Å². The molecule has 0 unspecified atom stereocenters. The fourth-order valence-corrected chi connectivity index (χ4v) is 12.1. The van der Waals surface area contributed by atoms with Gasteiger partial charge in [0.15, 0.2) is 17.4 Å². The molecule has 0 amide bonds. The molecule has 10 aliphatic rings. The summed E-state index contributed by atoms with van der Waals surface area (Å²) in [5, 5.41) is 19.8. The van der Waals surface area contributed by atoms with Crippen LogP contribution in [0.15, 0.2) is 0 Å². The molecule has 7 heterocycles. The van der Waals surface area contributed by atoms with Gasteiger partial charge in [0.05, 0.1) is 63.7 Å². The van der Waals surface area contributed by atoms with Gasteiger partial charge in [-0.2, -0.15) is 0 Å². The Morgan fingerprint density at radius 2 is 0.968 bits per heavy atom. The molecule has 0 aromatic carbocycles. The van der Waals surface area contributed by atoms with Crippen LogP contribution in [0.3, 0.4) is 0 Å². The Morgan fingerprint density at radius 1 is 0.532 bits per heavy atom. The highest BCUT2D eigenvalue weighted by molar-refractivity contribution is 5.70. The Morgan fingerprint density at radius 3 is 1.45 bits per heavy atom. The third-order valence-corrected chi connectivity index (χ3v) is 15.0. The van der Waals surface area contributed by atoms with Gasteiger partial charge in [-0.1, -0.05) is 19.3 Å². The molecule has 3 saturated carbocycles. The molecule has 0 bridgehead atoms. The minimum absolute atomic E-state index is 0.0986. The number of aliphatic hydroxyl groups excluding tert-OH is 2. The standard InChI is InChI=1S/C26H40O8.C20H32O8/c1-2-28-20(27)15-17-9-10-18-21(30-17)23-24(34-26(33-23)13-7-4-8-14-26)22(31-18)19-16-29-25(32-19)11-5-3-6-12-25;1-2-24-15(23)10-12-6-7-14-17(25-12)19-18(16(26-14)13(22)11-21)27-20(28-19)8-4-3-5-9-20/h17-19,21-24H,2-16H2,1H3;12-14,16-19,21-22H,2-11H2,1H3/t17-,18+,19-,21+,22+,23+,24-;12-,13-,14+,16+,17+,18-,19+/m11/s1. The number of hydrogen-bond acceptors (Lipinski definition) is 16. The molecule has 10 fully saturated rings. The van der Waals surface area contributed by atoms with Crippen LogP contribution in [0.2, 0.25) is 0 Å². The summed E-state index contributed by atoms with van der Waals surface area (Å²) in [6.45, 7) is 4.50. The van der Waals surface area contributed by atoms with E-state index in [9.17, 15) is 19.8 Å². The highest BCUT2D eigenvalue weighted by Gasteiger charge is 2.63. The fourth-order valence-electron chi connectivity index (χ4n) is 12.1. The van der Waals surface area contributed by atoms with E-state index in [4.69, 9.17) is 56.8 Å². The van der Waals surface area contributed by atoms with Crippen molar-refractivity contribution in [2.75, 3.05) is 26.4 Å². The predicted molar refractivity (Wildman–Crippen MR) is 216 cm³/mol. The quantitative estimate of drug-likeness (QED) is 0.300. The van der Waals surface area contributed by atoms with Gasteiger partial charge in [-0.3, -0.25) is 9.59 Å². The van der Waals surface area contributed by atoms with Crippen LogP contribution in [0.1, 0.15) is 149 Å². The Kier molecular flexibility index (Phi) is 14.5. The van der Waals surface area contributed by atoms with Crippen molar-refractivity contribution in [2.45, 2.75) is 252 Å². The summed E-state index contributed by atoms with van der Waals surface area (Å²) < 4.78 is 74.9. The molecule has 0 aromatic rings. The van der Waals surface area contributed by atoms with Crippen molar-refractivity contribution >= 4 is 11.9 Å². The zero-order valence-corrected chi connectivity index (χ0v) is 36.9. The molecular formula is C46H72O16. The number of carbonyl (C=O) groups is 2. The summed E-state index contributed by atoms with van der Waals surface area (Å²) in [6.07, 6.45) is 14.2. The molecule has 3 spiro atoms. The normalized spacial score (nSPS) is 41.8.